The Kier molecular flexibility index (Phi) is 1.65. The van der Waals surface area contributed by atoms with Crippen LogP contribution in [0.3, 0.4) is 0 Å². The van der Waals surface area contributed by atoms with Gasteiger partial charge in [0.15, 0.2) is 0 Å². The quantitative estimate of drug-likeness (QED) is 0.524. The van der Waals surface area contributed by atoms with E-state index in [4.69, 9.17) is 9.84 Å². The van der Waals surface area contributed by atoms with Crippen LogP contribution in [0.4, 0.5) is 0 Å². The first-order valence-corrected chi connectivity index (χ1v) is 2.75. The van der Waals surface area contributed by atoms with Gasteiger partial charge in [0.25, 0.3) is 0 Å². The molecule has 0 aliphatic carbocycles. The lowest BCUT2D eigenvalue weighted by Crippen LogP contribution is -2.44. The second-order valence-corrected chi connectivity index (χ2v) is 1.96. The van der Waals surface area contributed by atoms with Gasteiger partial charge in [0.2, 0.25) is 0 Å². The Bertz CT molecular complexity index is 90.5. The molecule has 0 radical (unpaired) electrons. The van der Waals surface area contributed by atoms with E-state index in [-0.39, 0.29) is 12.2 Å². The molecule has 1 aliphatic heterocycles. The van der Waals surface area contributed by atoms with Gasteiger partial charge in [-0.15, -0.1) is 6.58 Å². The van der Waals surface area contributed by atoms with Crippen molar-refractivity contribution in [1.29, 1.82) is 0 Å². The van der Waals surface area contributed by atoms with Gasteiger partial charge in [-0.05, 0) is 6.42 Å². The van der Waals surface area contributed by atoms with Crippen LogP contribution in [0.15, 0.2) is 12.7 Å². The van der Waals surface area contributed by atoms with Gasteiger partial charge < -0.3 is 9.84 Å². The Labute approximate surface area is 48.8 Å². The zero-order chi connectivity index (χ0) is 5.98. The summed E-state index contributed by atoms with van der Waals surface area (Å²) >= 11 is 0. The lowest BCUT2D eigenvalue weighted by Gasteiger charge is -2.31. The maximum Gasteiger partial charge on any atom is 0.104 e. The average molecular weight is 114 g/mol. The minimum Gasteiger partial charge on any atom is -0.388 e. The number of ether oxygens (including phenoxy) is 1. The molecule has 0 spiro atoms. The van der Waals surface area contributed by atoms with Crippen LogP contribution in [-0.2, 0) is 4.74 Å². The molecule has 2 unspecified atom stereocenters. The van der Waals surface area contributed by atoms with Crippen molar-refractivity contribution < 1.29 is 9.84 Å². The molecule has 0 amide bonds. The standard InChI is InChI=1S/C6H10O2/c1-2-3-6-5(7)4-8-6/h2,5-7H,1,3-4H2. The molecule has 0 aromatic carbocycles. The van der Waals surface area contributed by atoms with E-state index in [1.807, 2.05) is 0 Å². The third-order valence-corrected chi connectivity index (χ3v) is 1.31. The predicted octanol–water partition coefficient (Wildman–Crippen LogP) is 0.322. The summed E-state index contributed by atoms with van der Waals surface area (Å²) in [5.74, 6) is 0. The molecular formula is C6H10O2. The van der Waals surface area contributed by atoms with Crippen LogP contribution in [0.25, 0.3) is 0 Å². The molecule has 0 aromatic rings. The van der Waals surface area contributed by atoms with Crippen molar-refractivity contribution in [2.24, 2.45) is 0 Å². The summed E-state index contributed by atoms with van der Waals surface area (Å²) < 4.78 is 4.96. The van der Waals surface area contributed by atoms with Crippen molar-refractivity contribution in [3.05, 3.63) is 12.7 Å². The molecule has 8 heavy (non-hydrogen) atoms. The summed E-state index contributed by atoms with van der Waals surface area (Å²) in [5.41, 5.74) is 0. The van der Waals surface area contributed by atoms with Gasteiger partial charge >= 0.3 is 0 Å². The molecule has 1 aliphatic rings. The molecule has 0 aromatic heterocycles. The number of hydrogen-bond donors (Lipinski definition) is 1. The van der Waals surface area contributed by atoms with E-state index in [0.717, 1.165) is 6.42 Å². The smallest absolute Gasteiger partial charge is 0.104 e. The Balaban J connectivity index is 2.16. The van der Waals surface area contributed by atoms with E-state index in [9.17, 15) is 0 Å². The molecule has 46 valence electrons. The zero-order valence-electron chi connectivity index (χ0n) is 4.71. The van der Waals surface area contributed by atoms with Gasteiger partial charge in [-0.3, -0.25) is 0 Å². The van der Waals surface area contributed by atoms with Crippen LogP contribution in [0.1, 0.15) is 6.42 Å². The van der Waals surface area contributed by atoms with E-state index in [2.05, 4.69) is 6.58 Å². The normalized spacial score (nSPS) is 36.1. The van der Waals surface area contributed by atoms with Crippen molar-refractivity contribution in [2.75, 3.05) is 6.61 Å². The van der Waals surface area contributed by atoms with Crippen LogP contribution >= 0.6 is 0 Å². The highest BCUT2D eigenvalue weighted by atomic mass is 16.5. The summed E-state index contributed by atoms with van der Waals surface area (Å²) in [6, 6.07) is 0. The second-order valence-electron chi connectivity index (χ2n) is 1.96. The highest BCUT2D eigenvalue weighted by Crippen LogP contribution is 2.15. The third kappa shape index (κ3) is 0.904. The molecule has 1 heterocycles. The van der Waals surface area contributed by atoms with Crippen molar-refractivity contribution >= 4 is 0 Å². The van der Waals surface area contributed by atoms with E-state index in [1.54, 1.807) is 6.08 Å². The first-order chi connectivity index (χ1) is 3.84. The largest absolute Gasteiger partial charge is 0.388 e. The molecule has 0 saturated carbocycles. The highest BCUT2D eigenvalue weighted by molar-refractivity contribution is 4.84. The fourth-order valence-electron chi connectivity index (χ4n) is 0.708. The Morgan fingerprint density at radius 2 is 2.62 bits per heavy atom. The van der Waals surface area contributed by atoms with E-state index in [0.29, 0.717) is 6.61 Å². The monoisotopic (exact) mass is 114 g/mol. The highest BCUT2D eigenvalue weighted by Gasteiger charge is 2.27. The number of hydrogen-bond acceptors (Lipinski definition) is 2. The minimum atomic E-state index is -0.243. The summed E-state index contributed by atoms with van der Waals surface area (Å²) in [4.78, 5) is 0. The molecule has 1 rings (SSSR count). The summed E-state index contributed by atoms with van der Waals surface area (Å²) in [6.07, 6.45) is 2.31. The fraction of sp³-hybridized carbons (Fsp3) is 0.667. The Morgan fingerprint density at radius 3 is 2.75 bits per heavy atom. The predicted molar refractivity (Wildman–Crippen MR) is 30.6 cm³/mol. The second kappa shape index (κ2) is 2.29. The van der Waals surface area contributed by atoms with Gasteiger partial charge in [0.05, 0.1) is 12.7 Å². The number of rotatable bonds is 2. The number of aliphatic hydroxyl groups excluding tert-OH is 1. The van der Waals surface area contributed by atoms with Gasteiger partial charge in [-0.25, -0.2) is 0 Å². The topological polar surface area (TPSA) is 29.5 Å². The maximum absolute atomic E-state index is 8.87. The van der Waals surface area contributed by atoms with Crippen molar-refractivity contribution in [3.8, 4) is 0 Å². The summed E-state index contributed by atoms with van der Waals surface area (Å²) in [6.45, 7) is 4.02. The van der Waals surface area contributed by atoms with Crippen molar-refractivity contribution in [2.45, 2.75) is 18.6 Å². The van der Waals surface area contributed by atoms with E-state index < -0.39 is 0 Å². The van der Waals surface area contributed by atoms with Crippen LogP contribution < -0.4 is 0 Å². The molecule has 1 fully saturated rings. The van der Waals surface area contributed by atoms with Crippen LogP contribution in [0, 0.1) is 0 Å². The summed E-state index contributed by atoms with van der Waals surface area (Å²) in [5, 5.41) is 8.87. The molecule has 1 saturated heterocycles. The lowest BCUT2D eigenvalue weighted by molar-refractivity contribution is -0.159. The molecular weight excluding hydrogens is 104 g/mol. The van der Waals surface area contributed by atoms with Gasteiger partial charge in [0, 0.05) is 0 Å². The third-order valence-electron chi connectivity index (χ3n) is 1.31. The van der Waals surface area contributed by atoms with E-state index in [1.165, 1.54) is 0 Å². The van der Waals surface area contributed by atoms with Crippen molar-refractivity contribution in [1.82, 2.24) is 0 Å². The van der Waals surface area contributed by atoms with Crippen molar-refractivity contribution in [3.63, 3.8) is 0 Å². The minimum absolute atomic E-state index is 0.0347. The van der Waals surface area contributed by atoms with Crippen LogP contribution in [-0.4, -0.2) is 23.9 Å². The SMILES string of the molecule is C=CCC1OCC1O. The first kappa shape index (κ1) is 5.79. The molecule has 2 heteroatoms. The lowest BCUT2D eigenvalue weighted by atomic mass is 10.1. The molecule has 1 N–H and O–H groups in total. The molecule has 0 bridgehead atoms. The molecule has 2 nitrogen and oxygen atoms in total. The van der Waals surface area contributed by atoms with Crippen LogP contribution in [0.2, 0.25) is 0 Å². The molecule has 2 atom stereocenters. The van der Waals surface area contributed by atoms with Gasteiger partial charge in [-0.1, -0.05) is 6.08 Å². The number of aliphatic hydroxyl groups is 1. The Hall–Kier alpha value is -0.340. The first-order valence-electron chi connectivity index (χ1n) is 2.75. The zero-order valence-corrected chi connectivity index (χ0v) is 4.71. The summed E-state index contributed by atoms with van der Waals surface area (Å²) in [7, 11) is 0. The maximum atomic E-state index is 8.87. The van der Waals surface area contributed by atoms with Crippen LogP contribution in [0.5, 0.6) is 0 Å². The van der Waals surface area contributed by atoms with E-state index >= 15 is 0 Å². The average Bonchev–Trinajstić information content (AvgIpc) is 1.79. The van der Waals surface area contributed by atoms with Gasteiger partial charge in [0.1, 0.15) is 6.10 Å². The Morgan fingerprint density at radius 1 is 1.88 bits per heavy atom. The van der Waals surface area contributed by atoms with Gasteiger partial charge in [-0.2, -0.15) is 0 Å². The fourth-order valence-corrected chi connectivity index (χ4v) is 0.708.